The number of likely N-dealkylation sites (N-methyl/N-ethyl adjacent to an activating group) is 1. The molecular weight excluding hydrogens is 428 g/mol. The van der Waals surface area contributed by atoms with Crippen LogP contribution in [0.15, 0.2) is 24.3 Å². The number of carbonyl (C=O) groups is 3. The van der Waals surface area contributed by atoms with Crippen molar-refractivity contribution < 1.29 is 14.4 Å². The van der Waals surface area contributed by atoms with Crippen molar-refractivity contribution in [3.63, 3.8) is 0 Å². The summed E-state index contributed by atoms with van der Waals surface area (Å²) in [6.07, 6.45) is 9.62. The summed E-state index contributed by atoms with van der Waals surface area (Å²) >= 11 is 0. The molecule has 186 valence electrons. The van der Waals surface area contributed by atoms with Gasteiger partial charge < -0.3 is 11.1 Å². The van der Waals surface area contributed by atoms with Gasteiger partial charge in [-0.3, -0.25) is 19.3 Å². The minimum absolute atomic E-state index is 0.0270. The fourth-order valence-corrected chi connectivity index (χ4v) is 6.14. The normalized spacial score (nSPS) is 25.4. The molecule has 34 heavy (non-hydrogen) atoms. The number of amides is 3. The lowest BCUT2D eigenvalue weighted by atomic mass is 9.83. The fourth-order valence-electron chi connectivity index (χ4n) is 6.14. The molecule has 3 amide bonds. The lowest BCUT2D eigenvalue weighted by molar-refractivity contribution is -0.158. The maximum atomic E-state index is 14.0. The van der Waals surface area contributed by atoms with E-state index in [9.17, 15) is 14.4 Å². The molecule has 0 radical (unpaired) electrons. The minimum Gasteiger partial charge on any atom is -0.320 e. The van der Waals surface area contributed by atoms with E-state index in [4.69, 9.17) is 5.73 Å². The molecule has 1 aromatic carbocycles. The van der Waals surface area contributed by atoms with Gasteiger partial charge in [-0.05, 0) is 82.5 Å². The van der Waals surface area contributed by atoms with Gasteiger partial charge in [0.25, 0.3) is 17.7 Å². The molecule has 1 heterocycles. The molecule has 1 saturated carbocycles. The van der Waals surface area contributed by atoms with Crippen LogP contribution in [0.25, 0.3) is 0 Å². The minimum atomic E-state index is -0.817. The molecule has 0 spiro atoms. The second kappa shape index (κ2) is 11.1. The summed E-state index contributed by atoms with van der Waals surface area (Å²) < 4.78 is 0. The van der Waals surface area contributed by atoms with Crippen LogP contribution < -0.4 is 11.1 Å². The highest BCUT2D eigenvalue weighted by Crippen LogP contribution is 2.39. The van der Waals surface area contributed by atoms with E-state index >= 15 is 0 Å². The smallest absolute Gasteiger partial charge is 0.253 e. The largest absolute Gasteiger partial charge is 0.320 e. The number of aryl methyl sites for hydroxylation is 1. The lowest BCUT2D eigenvalue weighted by Crippen LogP contribution is -2.60. The molecule has 1 aliphatic heterocycles. The van der Waals surface area contributed by atoms with Gasteiger partial charge >= 0.3 is 0 Å². The number of rotatable bonds is 6. The summed E-state index contributed by atoms with van der Waals surface area (Å²) in [5.41, 5.74) is 9.03. The highest BCUT2D eigenvalue weighted by Gasteiger charge is 2.45. The Morgan fingerprint density at radius 1 is 1.00 bits per heavy atom. The number of hydrogen-bond donors (Lipinski definition) is 2. The van der Waals surface area contributed by atoms with E-state index in [0.717, 1.165) is 69.2 Å². The SMILES string of the molecule is CNC(C)C(=O)N(C(=O)C(N)C1CCCCC1)C(=O)C1CCCN1C1CCCc2ccccc21. The quantitative estimate of drug-likeness (QED) is 0.667. The molecule has 1 aromatic rings. The van der Waals surface area contributed by atoms with Crippen molar-refractivity contribution in [3.8, 4) is 0 Å². The molecule has 3 aliphatic rings. The molecule has 0 aromatic heterocycles. The van der Waals surface area contributed by atoms with Crippen molar-refractivity contribution in [1.82, 2.24) is 15.1 Å². The van der Waals surface area contributed by atoms with Crippen LogP contribution in [0.2, 0.25) is 0 Å². The Hall–Kier alpha value is -2.09. The first-order valence-electron chi connectivity index (χ1n) is 13.1. The first-order valence-corrected chi connectivity index (χ1v) is 13.1. The van der Waals surface area contributed by atoms with Gasteiger partial charge in [0.05, 0.1) is 18.1 Å². The molecule has 0 bridgehead atoms. The van der Waals surface area contributed by atoms with Crippen molar-refractivity contribution in [2.45, 2.75) is 95.3 Å². The molecule has 1 saturated heterocycles. The molecule has 4 rings (SSSR count). The van der Waals surface area contributed by atoms with E-state index in [1.54, 1.807) is 14.0 Å². The van der Waals surface area contributed by atoms with Crippen LogP contribution in [0.1, 0.15) is 81.9 Å². The van der Waals surface area contributed by atoms with Crippen LogP contribution >= 0.6 is 0 Å². The Morgan fingerprint density at radius 2 is 1.74 bits per heavy atom. The monoisotopic (exact) mass is 468 g/mol. The van der Waals surface area contributed by atoms with Crippen LogP contribution in [0.4, 0.5) is 0 Å². The Kier molecular flexibility index (Phi) is 8.17. The van der Waals surface area contributed by atoms with Crippen molar-refractivity contribution in [2.75, 3.05) is 13.6 Å². The highest BCUT2D eigenvalue weighted by atomic mass is 16.2. The zero-order valence-corrected chi connectivity index (χ0v) is 20.7. The van der Waals surface area contributed by atoms with Crippen LogP contribution in [0.3, 0.4) is 0 Å². The van der Waals surface area contributed by atoms with E-state index in [1.807, 2.05) is 0 Å². The maximum absolute atomic E-state index is 14.0. The molecule has 3 N–H and O–H groups in total. The maximum Gasteiger partial charge on any atom is 0.253 e. The second-order valence-corrected chi connectivity index (χ2v) is 10.3. The summed E-state index contributed by atoms with van der Waals surface area (Å²) in [4.78, 5) is 44.0. The number of nitrogens with two attached hydrogens (primary N) is 1. The Balaban J connectivity index is 1.60. The summed E-state index contributed by atoms with van der Waals surface area (Å²) in [6, 6.07) is 6.66. The average molecular weight is 469 g/mol. The third-order valence-electron chi connectivity index (χ3n) is 8.22. The predicted octanol–water partition coefficient (Wildman–Crippen LogP) is 2.93. The van der Waals surface area contributed by atoms with E-state index in [-0.39, 0.29) is 12.0 Å². The predicted molar refractivity (Wildman–Crippen MR) is 132 cm³/mol. The van der Waals surface area contributed by atoms with Gasteiger partial charge in [0.1, 0.15) is 0 Å². The Morgan fingerprint density at radius 3 is 2.47 bits per heavy atom. The number of hydrogen-bond acceptors (Lipinski definition) is 6. The number of nitrogens with one attached hydrogen (secondary N) is 1. The van der Waals surface area contributed by atoms with Gasteiger partial charge in [0, 0.05) is 6.04 Å². The van der Waals surface area contributed by atoms with Crippen LogP contribution in [-0.2, 0) is 20.8 Å². The van der Waals surface area contributed by atoms with Gasteiger partial charge in [0.15, 0.2) is 0 Å². The Bertz CT molecular complexity index is 898. The highest BCUT2D eigenvalue weighted by molar-refractivity contribution is 6.15. The lowest BCUT2D eigenvalue weighted by Gasteiger charge is -2.38. The van der Waals surface area contributed by atoms with E-state index < -0.39 is 35.8 Å². The molecular formula is C27H40N4O3. The number of likely N-dealkylation sites (tertiary alicyclic amines) is 1. The third kappa shape index (κ3) is 4.97. The average Bonchev–Trinajstić information content (AvgIpc) is 3.37. The van der Waals surface area contributed by atoms with Gasteiger partial charge in [0.2, 0.25) is 0 Å². The summed E-state index contributed by atoms with van der Waals surface area (Å²) in [5.74, 6) is -1.40. The van der Waals surface area contributed by atoms with Gasteiger partial charge in [-0.2, -0.15) is 0 Å². The van der Waals surface area contributed by atoms with Gasteiger partial charge in [-0.25, -0.2) is 4.90 Å². The zero-order chi connectivity index (χ0) is 24.2. The second-order valence-electron chi connectivity index (χ2n) is 10.3. The van der Waals surface area contributed by atoms with E-state index in [2.05, 4.69) is 34.5 Å². The van der Waals surface area contributed by atoms with Crippen LogP contribution in [0, 0.1) is 5.92 Å². The first-order chi connectivity index (χ1) is 16.4. The van der Waals surface area contributed by atoms with E-state index in [1.165, 1.54) is 11.1 Å². The standard InChI is InChI=1S/C27H40N4O3/c1-18(29-2)25(32)31(27(34)24(28)20-11-4-3-5-12-20)26(33)23-16-9-17-30(23)22-15-8-13-19-10-6-7-14-21(19)22/h6-7,10,14,18,20,22-24,29H,3-5,8-9,11-13,15-17,28H2,1-2H3. The Labute approximate surface area is 203 Å². The number of fused-ring (bicyclic) bond motifs is 1. The molecule has 4 atom stereocenters. The van der Waals surface area contributed by atoms with Gasteiger partial charge in [-0.15, -0.1) is 0 Å². The first kappa shape index (κ1) is 25.0. The molecule has 7 heteroatoms. The molecule has 4 unspecified atom stereocenters. The summed E-state index contributed by atoms with van der Waals surface area (Å²) in [6.45, 7) is 2.48. The third-order valence-corrected chi connectivity index (χ3v) is 8.22. The number of imide groups is 3. The van der Waals surface area contributed by atoms with Crippen molar-refractivity contribution in [2.24, 2.45) is 11.7 Å². The van der Waals surface area contributed by atoms with Crippen molar-refractivity contribution in [3.05, 3.63) is 35.4 Å². The van der Waals surface area contributed by atoms with Crippen molar-refractivity contribution >= 4 is 17.7 Å². The van der Waals surface area contributed by atoms with E-state index in [0.29, 0.717) is 6.42 Å². The number of nitrogens with zero attached hydrogens (tertiary/aromatic N) is 2. The van der Waals surface area contributed by atoms with Crippen molar-refractivity contribution in [1.29, 1.82) is 0 Å². The fraction of sp³-hybridized carbons (Fsp3) is 0.667. The molecule has 2 aliphatic carbocycles. The van der Waals surface area contributed by atoms with Crippen LogP contribution in [-0.4, -0.2) is 59.2 Å². The summed E-state index contributed by atoms with van der Waals surface area (Å²) in [5, 5.41) is 2.90. The molecule has 7 nitrogen and oxygen atoms in total. The zero-order valence-electron chi connectivity index (χ0n) is 20.7. The van der Waals surface area contributed by atoms with Gasteiger partial charge in [-0.1, -0.05) is 43.5 Å². The molecule has 2 fully saturated rings. The number of carbonyl (C=O) groups excluding carboxylic acids is 3. The van der Waals surface area contributed by atoms with Crippen LogP contribution in [0.5, 0.6) is 0 Å². The number of benzene rings is 1. The topological polar surface area (TPSA) is 95.7 Å². The summed E-state index contributed by atoms with van der Waals surface area (Å²) in [7, 11) is 1.66.